The Labute approximate surface area is 159 Å². The molecule has 0 heterocycles. The van der Waals surface area contributed by atoms with Crippen LogP contribution in [0.25, 0.3) is 0 Å². The molecule has 0 saturated heterocycles. The van der Waals surface area contributed by atoms with Crippen LogP contribution in [0.4, 0.5) is 0 Å². The standard InChI is InChI=1S/C5H9NS.C3H4.CH4N2S.2Y/c1-3-4-7-5(2)6;1-3-2;2-1(3)4;;/h3,6H,1,4H2,2H3;1,3H,2H2;(H4,2,3,4);;/p+1. The second-order valence-electron chi connectivity index (χ2n) is 1.85. The molecule has 0 aliphatic rings. The van der Waals surface area contributed by atoms with Crippen molar-refractivity contribution in [2.24, 2.45) is 11.5 Å². The number of hydrogen-bond acceptors (Lipinski definition) is 2. The first-order chi connectivity index (χ1) is 6.42. The van der Waals surface area contributed by atoms with Gasteiger partial charge in [0, 0.05) is 78.1 Å². The largest absolute Gasteiger partial charge is 0.377 e. The molecule has 2 radical (unpaired) electrons. The number of rotatable bonds is 2. The van der Waals surface area contributed by atoms with E-state index in [0.717, 1.165) is 10.8 Å². The van der Waals surface area contributed by atoms with Gasteiger partial charge in [-0.3, -0.25) is 5.41 Å². The van der Waals surface area contributed by atoms with Crippen molar-refractivity contribution in [3.05, 3.63) is 32.2 Å². The fraction of sp³-hybridized carbons (Fsp3) is 0.222. The minimum Gasteiger partial charge on any atom is -0.377 e. The number of nitrogens with two attached hydrogens (primary N) is 3. The van der Waals surface area contributed by atoms with Crippen molar-refractivity contribution in [2.75, 3.05) is 5.75 Å². The van der Waals surface area contributed by atoms with E-state index in [1.807, 2.05) is 13.0 Å². The summed E-state index contributed by atoms with van der Waals surface area (Å²) in [5.74, 6) is 0.919. The summed E-state index contributed by atoms with van der Waals surface area (Å²) in [4.78, 5) is 0. The minimum absolute atomic E-state index is 0. The zero-order valence-corrected chi connectivity index (χ0v) is 16.9. The zero-order valence-electron chi connectivity index (χ0n) is 9.56. The maximum atomic E-state index is 5.31. The molecule has 0 aliphatic carbocycles. The fourth-order valence-corrected chi connectivity index (χ4v) is 0.571. The number of thiocarbonyl (C=S) groups is 1. The molecule has 0 bridgehead atoms. The topological polar surface area (TPSA) is 77.6 Å². The maximum Gasteiger partial charge on any atom is 0.204 e. The molecule has 16 heavy (non-hydrogen) atoms. The summed E-state index contributed by atoms with van der Waals surface area (Å²) in [6, 6.07) is 0. The molecule has 0 aromatic rings. The van der Waals surface area contributed by atoms with E-state index in [1.54, 1.807) is 11.8 Å². The summed E-state index contributed by atoms with van der Waals surface area (Å²) >= 11 is 5.70. The Kier molecular flexibility index (Phi) is 56.5. The average Bonchev–Trinajstić information content (AvgIpc) is 2.01. The van der Waals surface area contributed by atoms with Crippen molar-refractivity contribution in [1.29, 1.82) is 0 Å². The summed E-state index contributed by atoms with van der Waals surface area (Å²) in [6.45, 7) is 13.2. The van der Waals surface area contributed by atoms with E-state index in [1.165, 1.54) is 6.08 Å². The van der Waals surface area contributed by atoms with Crippen LogP contribution in [0.15, 0.2) is 18.7 Å². The van der Waals surface area contributed by atoms with Crippen LogP contribution in [-0.2, 0) is 65.4 Å². The zero-order chi connectivity index (χ0) is 12.0. The van der Waals surface area contributed by atoms with Crippen molar-refractivity contribution < 1.29 is 70.8 Å². The molecular formula is C9H18N3S2Y2+. The Hall–Kier alpha value is 1.18. The molecule has 0 aromatic carbocycles. The molecule has 0 amide bonds. The van der Waals surface area contributed by atoms with Crippen molar-refractivity contribution in [3.8, 4) is 0 Å². The second-order valence-corrected chi connectivity index (χ2v) is 3.59. The van der Waals surface area contributed by atoms with Gasteiger partial charge in [0.05, 0.1) is 0 Å². The van der Waals surface area contributed by atoms with E-state index in [9.17, 15) is 0 Å². The van der Waals surface area contributed by atoms with Gasteiger partial charge >= 0.3 is 0 Å². The normalized spacial score (nSPS) is 5.75. The Bertz CT molecular complexity index is 184. The van der Waals surface area contributed by atoms with Gasteiger partial charge in [0.2, 0.25) is 5.04 Å². The second kappa shape index (κ2) is 29.8. The third kappa shape index (κ3) is 114. The Balaban J connectivity index is -0.0000000393. The SMILES string of the molecule is C=CCSC(C)=[NH2+].NC(N)=S.[CH+]=C[CH2-].[Y].[Y]. The molecule has 0 aromatic heterocycles. The Morgan fingerprint density at radius 2 is 1.81 bits per heavy atom. The summed E-state index contributed by atoms with van der Waals surface area (Å²) < 4.78 is 0. The van der Waals surface area contributed by atoms with Crippen LogP contribution in [0.1, 0.15) is 6.92 Å². The van der Waals surface area contributed by atoms with Gasteiger partial charge in [-0.05, 0) is 18.3 Å². The van der Waals surface area contributed by atoms with Gasteiger partial charge in [-0.1, -0.05) is 24.8 Å². The molecule has 0 aliphatic heterocycles. The molecule has 0 atom stereocenters. The first kappa shape index (κ1) is 30.3. The molecule has 0 saturated carbocycles. The van der Waals surface area contributed by atoms with Gasteiger partial charge in [0.15, 0.2) is 5.11 Å². The van der Waals surface area contributed by atoms with Crippen LogP contribution >= 0.6 is 24.0 Å². The quantitative estimate of drug-likeness (QED) is 0.198. The van der Waals surface area contributed by atoms with Crippen LogP contribution in [0.5, 0.6) is 0 Å². The molecule has 6 N–H and O–H groups in total. The van der Waals surface area contributed by atoms with E-state index in [-0.39, 0.29) is 70.5 Å². The summed E-state index contributed by atoms with van der Waals surface area (Å²) in [6.07, 6.45) is 3.08. The van der Waals surface area contributed by atoms with Gasteiger partial charge in [0.25, 0.3) is 0 Å². The van der Waals surface area contributed by atoms with Crippen LogP contribution < -0.4 is 16.9 Å². The van der Waals surface area contributed by atoms with Gasteiger partial charge in [-0.25, -0.2) is 0 Å². The smallest absolute Gasteiger partial charge is 0.204 e. The predicted molar refractivity (Wildman–Crippen MR) is 70.5 cm³/mol. The van der Waals surface area contributed by atoms with Crippen molar-refractivity contribution in [1.82, 2.24) is 0 Å². The predicted octanol–water partition coefficient (Wildman–Crippen LogP) is 0.0765. The molecule has 7 heteroatoms. The number of hydrogen-bond donors (Lipinski definition) is 3. The summed E-state index contributed by atoms with van der Waals surface area (Å²) in [5.41, 5.74) is 9.24. The molecule has 0 rings (SSSR count). The third-order valence-electron chi connectivity index (χ3n) is 0.429. The first-order valence-corrected chi connectivity index (χ1v) is 5.01. The van der Waals surface area contributed by atoms with Gasteiger partial charge in [-0.15, -0.1) is 6.58 Å². The minimum atomic E-state index is 0. The van der Waals surface area contributed by atoms with Crippen molar-refractivity contribution >= 4 is 34.1 Å². The Morgan fingerprint density at radius 1 is 1.56 bits per heavy atom. The Morgan fingerprint density at radius 3 is 1.88 bits per heavy atom. The molecule has 0 fully saturated rings. The number of thioether (sulfide) groups is 1. The first-order valence-electron chi connectivity index (χ1n) is 3.62. The average molecular weight is 410 g/mol. The van der Waals surface area contributed by atoms with E-state index in [2.05, 4.69) is 43.8 Å². The molecular weight excluding hydrogens is 392 g/mol. The molecule has 0 unspecified atom stereocenters. The van der Waals surface area contributed by atoms with Gasteiger partial charge in [-0.2, -0.15) is 6.58 Å². The molecule has 86 valence electrons. The monoisotopic (exact) mass is 410 g/mol. The third-order valence-corrected chi connectivity index (χ3v) is 1.29. The van der Waals surface area contributed by atoms with Gasteiger partial charge < -0.3 is 11.5 Å². The van der Waals surface area contributed by atoms with Crippen LogP contribution in [0.3, 0.4) is 0 Å². The van der Waals surface area contributed by atoms with Crippen molar-refractivity contribution in [2.45, 2.75) is 6.92 Å². The van der Waals surface area contributed by atoms with E-state index in [0.29, 0.717) is 0 Å². The van der Waals surface area contributed by atoms with E-state index in [4.69, 9.17) is 5.41 Å². The molecule has 3 nitrogen and oxygen atoms in total. The van der Waals surface area contributed by atoms with Crippen LogP contribution in [0, 0.1) is 13.5 Å². The summed E-state index contributed by atoms with van der Waals surface area (Å²) in [5, 5.41) is 6.21. The van der Waals surface area contributed by atoms with E-state index >= 15 is 0 Å². The summed E-state index contributed by atoms with van der Waals surface area (Å²) in [7, 11) is 0. The maximum absolute atomic E-state index is 5.31. The van der Waals surface area contributed by atoms with Crippen molar-refractivity contribution in [3.63, 3.8) is 0 Å². The van der Waals surface area contributed by atoms with Crippen LogP contribution in [0.2, 0.25) is 0 Å². The van der Waals surface area contributed by atoms with Gasteiger partial charge in [0.1, 0.15) is 0 Å². The fourth-order valence-electron chi connectivity index (χ4n) is 0.190. The number of allylic oxidation sites excluding steroid dienone is 1. The van der Waals surface area contributed by atoms with E-state index < -0.39 is 0 Å². The van der Waals surface area contributed by atoms with Crippen LogP contribution in [-0.4, -0.2) is 15.9 Å². The molecule has 0 spiro atoms.